The van der Waals surface area contributed by atoms with Gasteiger partial charge >= 0.3 is 10.1 Å². The van der Waals surface area contributed by atoms with E-state index in [0.29, 0.717) is 12.2 Å². The standard InChI is InChI=1S/C22H29NO5S/c1-17(2)27-22(16-24)15-19-6-10-20(11-7-19)23-14-4-5-18-8-12-21(13-9-18)28-29(3,25)26/h6-13,16-17,22-23H,4-5,14-15H2,1-3H3. The lowest BCUT2D eigenvalue weighted by Crippen LogP contribution is -2.21. The summed E-state index contributed by atoms with van der Waals surface area (Å²) in [4.78, 5) is 11.1. The van der Waals surface area contributed by atoms with Crippen LogP contribution in [0.25, 0.3) is 0 Å². The minimum Gasteiger partial charge on any atom is -0.385 e. The van der Waals surface area contributed by atoms with Crippen molar-refractivity contribution in [3.8, 4) is 5.75 Å². The fourth-order valence-corrected chi connectivity index (χ4v) is 3.34. The van der Waals surface area contributed by atoms with Gasteiger partial charge in [0.05, 0.1) is 12.4 Å². The highest BCUT2D eigenvalue weighted by Crippen LogP contribution is 2.16. The van der Waals surface area contributed by atoms with Crippen LogP contribution in [0.4, 0.5) is 5.69 Å². The van der Waals surface area contributed by atoms with Crippen LogP contribution >= 0.6 is 0 Å². The third kappa shape index (κ3) is 9.11. The van der Waals surface area contributed by atoms with Crippen LogP contribution in [0.2, 0.25) is 0 Å². The lowest BCUT2D eigenvalue weighted by Gasteiger charge is -2.15. The Kier molecular flexibility index (Phi) is 8.67. The third-order valence-electron chi connectivity index (χ3n) is 4.13. The first-order valence-electron chi connectivity index (χ1n) is 9.67. The quantitative estimate of drug-likeness (QED) is 0.322. The fraction of sp³-hybridized carbons (Fsp3) is 0.409. The van der Waals surface area contributed by atoms with Gasteiger partial charge in [0.15, 0.2) is 0 Å². The van der Waals surface area contributed by atoms with Crippen LogP contribution in [0.1, 0.15) is 31.4 Å². The summed E-state index contributed by atoms with van der Waals surface area (Å²) in [6.07, 6.45) is 3.87. The van der Waals surface area contributed by atoms with E-state index in [1.807, 2.05) is 50.2 Å². The van der Waals surface area contributed by atoms with Crippen molar-refractivity contribution in [3.05, 3.63) is 59.7 Å². The van der Waals surface area contributed by atoms with E-state index in [4.69, 9.17) is 8.92 Å². The van der Waals surface area contributed by atoms with Crippen molar-refractivity contribution in [1.29, 1.82) is 0 Å². The lowest BCUT2D eigenvalue weighted by molar-refractivity contribution is -0.120. The van der Waals surface area contributed by atoms with Crippen LogP contribution in [0.5, 0.6) is 5.75 Å². The molecule has 7 heteroatoms. The molecule has 0 aliphatic heterocycles. The molecule has 0 amide bonds. The van der Waals surface area contributed by atoms with Crippen molar-refractivity contribution in [1.82, 2.24) is 0 Å². The van der Waals surface area contributed by atoms with Crippen molar-refractivity contribution in [2.24, 2.45) is 0 Å². The van der Waals surface area contributed by atoms with Gasteiger partial charge in [-0.15, -0.1) is 0 Å². The molecule has 1 atom stereocenters. The van der Waals surface area contributed by atoms with Crippen LogP contribution < -0.4 is 9.50 Å². The number of hydrogen-bond acceptors (Lipinski definition) is 6. The summed E-state index contributed by atoms with van der Waals surface area (Å²) < 4.78 is 32.6. The molecule has 0 aliphatic carbocycles. The number of aldehydes is 1. The summed E-state index contributed by atoms with van der Waals surface area (Å²) in [5, 5.41) is 3.38. The number of carbonyl (C=O) groups excluding carboxylic acids is 1. The van der Waals surface area contributed by atoms with Crippen molar-refractivity contribution >= 4 is 22.1 Å². The molecule has 0 fully saturated rings. The Morgan fingerprint density at radius 2 is 1.62 bits per heavy atom. The zero-order valence-electron chi connectivity index (χ0n) is 17.1. The van der Waals surface area contributed by atoms with Crippen molar-refractivity contribution < 1.29 is 22.1 Å². The van der Waals surface area contributed by atoms with Gasteiger partial charge in [0, 0.05) is 18.7 Å². The number of benzene rings is 2. The second kappa shape index (κ2) is 11.0. The maximum atomic E-state index is 11.1. The molecular weight excluding hydrogens is 390 g/mol. The smallest absolute Gasteiger partial charge is 0.306 e. The molecule has 0 aliphatic rings. The number of anilines is 1. The second-order valence-corrected chi connectivity index (χ2v) is 8.80. The molecule has 1 unspecified atom stereocenters. The van der Waals surface area contributed by atoms with Crippen LogP contribution in [0.3, 0.4) is 0 Å². The third-order valence-corrected chi connectivity index (χ3v) is 4.63. The minimum absolute atomic E-state index is 0.0227. The summed E-state index contributed by atoms with van der Waals surface area (Å²) >= 11 is 0. The molecule has 0 saturated carbocycles. The van der Waals surface area contributed by atoms with E-state index in [2.05, 4.69) is 5.32 Å². The van der Waals surface area contributed by atoms with Crippen molar-refractivity contribution in [3.63, 3.8) is 0 Å². The number of ether oxygens (including phenoxy) is 1. The molecular formula is C22H29NO5S. The molecule has 0 aromatic heterocycles. The molecule has 0 spiro atoms. The molecule has 1 N–H and O–H groups in total. The number of carbonyl (C=O) groups is 1. The Morgan fingerprint density at radius 3 is 2.17 bits per heavy atom. The molecule has 0 radical (unpaired) electrons. The Bertz CT molecular complexity index is 861. The molecule has 29 heavy (non-hydrogen) atoms. The maximum Gasteiger partial charge on any atom is 0.306 e. The Balaban J connectivity index is 1.74. The van der Waals surface area contributed by atoms with Gasteiger partial charge in [-0.2, -0.15) is 8.42 Å². The number of hydrogen-bond donors (Lipinski definition) is 1. The van der Waals surface area contributed by atoms with E-state index in [1.165, 1.54) is 0 Å². The molecule has 158 valence electrons. The van der Waals surface area contributed by atoms with Gasteiger partial charge in [-0.05, 0) is 62.1 Å². The molecule has 0 bridgehead atoms. The van der Waals surface area contributed by atoms with Gasteiger partial charge in [-0.1, -0.05) is 24.3 Å². The Morgan fingerprint density at radius 1 is 1.00 bits per heavy atom. The number of aryl methyl sites for hydroxylation is 1. The van der Waals surface area contributed by atoms with E-state index < -0.39 is 16.2 Å². The summed E-state index contributed by atoms with van der Waals surface area (Å²) in [6.45, 7) is 4.65. The molecule has 0 heterocycles. The largest absolute Gasteiger partial charge is 0.385 e. The second-order valence-electron chi connectivity index (χ2n) is 7.22. The average molecular weight is 420 g/mol. The van der Waals surface area contributed by atoms with Crippen LogP contribution in [-0.4, -0.2) is 39.7 Å². The van der Waals surface area contributed by atoms with E-state index in [0.717, 1.165) is 48.7 Å². The first-order valence-corrected chi connectivity index (χ1v) is 11.5. The maximum absolute atomic E-state index is 11.1. The summed E-state index contributed by atoms with van der Waals surface area (Å²) in [5.74, 6) is 0.324. The molecule has 2 aromatic rings. The average Bonchev–Trinajstić information content (AvgIpc) is 2.65. The van der Waals surface area contributed by atoms with Crippen LogP contribution in [-0.2, 0) is 32.5 Å². The zero-order valence-corrected chi connectivity index (χ0v) is 17.9. The van der Waals surface area contributed by atoms with E-state index >= 15 is 0 Å². The SMILES string of the molecule is CC(C)OC(C=O)Cc1ccc(NCCCc2ccc(OS(C)(=O)=O)cc2)cc1. The highest BCUT2D eigenvalue weighted by molar-refractivity contribution is 7.86. The molecule has 2 rings (SSSR count). The first-order chi connectivity index (χ1) is 13.7. The zero-order chi connectivity index (χ0) is 21.3. The predicted molar refractivity (Wildman–Crippen MR) is 115 cm³/mol. The summed E-state index contributed by atoms with van der Waals surface area (Å²) in [6, 6.07) is 15.1. The Hall–Kier alpha value is -2.38. The predicted octanol–water partition coefficient (Wildman–Crippen LogP) is 3.60. The highest BCUT2D eigenvalue weighted by Gasteiger charge is 2.10. The van der Waals surface area contributed by atoms with Crippen molar-refractivity contribution in [2.45, 2.75) is 45.3 Å². The normalized spacial score (nSPS) is 12.6. The van der Waals surface area contributed by atoms with Crippen LogP contribution in [0, 0.1) is 0 Å². The lowest BCUT2D eigenvalue weighted by atomic mass is 10.1. The van der Waals surface area contributed by atoms with E-state index in [1.54, 1.807) is 12.1 Å². The van der Waals surface area contributed by atoms with Gasteiger partial charge in [0.25, 0.3) is 0 Å². The topological polar surface area (TPSA) is 81.7 Å². The number of nitrogens with one attached hydrogen (secondary N) is 1. The molecule has 2 aromatic carbocycles. The molecule has 6 nitrogen and oxygen atoms in total. The van der Waals surface area contributed by atoms with Gasteiger partial charge in [-0.3, -0.25) is 0 Å². The Labute approximate surface area is 173 Å². The summed E-state index contributed by atoms with van der Waals surface area (Å²) in [5.41, 5.74) is 3.20. The van der Waals surface area contributed by atoms with Gasteiger partial charge in [0.1, 0.15) is 18.1 Å². The van der Waals surface area contributed by atoms with E-state index in [-0.39, 0.29) is 6.10 Å². The first kappa shape index (κ1) is 22.9. The van der Waals surface area contributed by atoms with E-state index in [9.17, 15) is 13.2 Å². The number of rotatable bonds is 12. The van der Waals surface area contributed by atoms with Gasteiger partial charge in [0.2, 0.25) is 0 Å². The van der Waals surface area contributed by atoms with Gasteiger partial charge in [-0.25, -0.2) is 0 Å². The van der Waals surface area contributed by atoms with Gasteiger partial charge < -0.3 is 19.0 Å². The minimum atomic E-state index is -3.49. The fourth-order valence-electron chi connectivity index (χ4n) is 2.88. The van der Waals surface area contributed by atoms with Crippen LogP contribution in [0.15, 0.2) is 48.5 Å². The summed E-state index contributed by atoms with van der Waals surface area (Å²) in [7, 11) is -3.49. The van der Waals surface area contributed by atoms with Crippen molar-refractivity contribution in [2.75, 3.05) is 18.1 Å². The highest BCUT2D eigenvalue weighted by atomic mass is 32.2. The monoisotopic (exact) mass is 419 g/mol. The molecule has 0 saturated heterocycles.